The van der Waals surface area contributed by atoms with E-state index in [-0.39, 0.29) is 6.61 Å². The van der Waals surface area contributed by atoms with Crippen LogP contribution < -0.4 is 0 Å². The van der Waals surface area contributed by atoms with Crippen molar-refractivity contribution in [3.63, 3.8) is 0 Å². The van der Waals surface area contributed by atoms with E-state index >= 15 is 0 Å². The van der Waals surface area contributed by atoms with Crippen LogP contribution in [0.25, 0.3) is 0 Å². The minimum absolute atomic E-state index is 0.250. The molecule has 37 valence electrons. The fourth-order valence-electron chi connectivity index (χ4n) is 0. The molecule has 0 fully saturated rings. The molecular weight excluding hydrogens is 271 g/mol. The zero-order chi connectivity index (χ0) is 4.71. The second-order valence-corrected chi connectivity index (χ2v) is 0.316. The van der Waals surface area contributed by atoms with Gasteiger partial charge in [0.05, 0.1) is 0 Å². The van der Waals surface area contributed by atoms with Crippen LogP contribution in [0.3, 0.4) is 0 Å². The maximum absolute atomic E-state index is 7.57. The molecule has 0 aromatic rings. The average Bonchev–Trinajstić information content (AvgIpc) is 1.46. The van der Waals surface area contributed by atoms with Gasteiger partial charge in [-0.05, 0) is 6.92 Å². The number of rotatable bonds is 0. The third-order valence-corrected chi connectivity index (χ3v) is 0. The summed E-state index contributed by atoms with van der Waals surface area (Å²) < 4.78 is 0. The Labute approximate surface area is 47.2 Å². The van der Waals surface area contributed by atoms with Gasteiger partial charge in [-0.15, -0.1) is 0 Å². The third kappa shape index (κ3) is 48.4. The molecule has 0 aromatic carbocycles. The summed E-state index contributed by atoms with van der Waals surface area (Å²) in [6, 6.07) is 0. The molecule has 0 spiro atoms. The van der Waals surface area contributed by atoms with Gasteiger partial charge in [0, 0.05) is 6.61 Å². The number of hydrogen-bond donors (Lipinski definition) is 1. The first kappa shape index (κ1) is 9.34. The number of halogens is 1. The van der Waals surface area contributed by atoms with E-state index in [1.807, 2.05) is 0 Å². The van der Waals surface area contributed by atoms with E-state index in [0.29, 0.717) is 0 Å². The topological polar surface area (TPSA) is 20.2 Å². The normalized spacial score (nSPS) is 5.00. The Kier molecular flexibility index (Phi) is 38.1. The molecule has 0 aliphatic carbocycles. The van der Waals surface area contributed by atoms with Gasteiger partial charge in [-0.1, -0.05) is 0 Å². The van der Waals surface area contributed by atoms with Crippen LogP contribution in [0.1, 0.15) is 6.92 Å². The van der Waals surface area contributed by atoms with Crippen LogP contribution in [0.4, 0.5) is 0 Å². The summed E-state index contributed by atoms with van der Waals surface area (Å²) in [4.78, 5) is 0. The van der Waals surface area contributed by atoms with Gasteiger partial charge in [-0.3, -0.25) is 0 Å². The zero-order valence-corrected chi connectivity index (χ0v) is 5.88. The van der Waals surface area contributed by atoms with Crippen LogP contribution in [0.2, 0.25) is 0 Å². The van der Waals surface area contributed by atoms with Crippen LogP contribution in [0.5, 0.6) is 0 Å². The summed E-state index contributed by atoms with van der Waals surface area (Å²) >= 11 is 1.61. The molecule has 3 heteroatoms. The van der Waals surface area contributed by atoms with E-state index in [0.717, 1.165) is 0 Å². The summed E-state index contributed by atoms with van der Waals surface area (Å²) in [6.45, 7) is 1.93. The first-order chi connectivity index (χ1) is 2.41. The summed E-state index contributed by atoms with van der Waals surface area (Å²) in [7, 11) is 4.61. The Balaban J connectivity index is 0. The minimum atomic E-state index is 0.250. The van der Waals surface area contributed by atoms with E-state index in [1.165, 1.54) is 0 Å². The predicted molar refractivity (Wildman–Crippen MR) is 18.6 cm³/mol. The molecule has 0 aromatic heterocycles. The van der Waals surface area contributed by atoms with Crippen molar-refractivity contribution in [2.45, 2.75) is 6.92 Å². The molecule has 0 rings (SSSR count). The van der Waals surface area contributed by atoms with Gasteiger partial charge >= 0.3 is 28.2 Å². The Hall–Kier alpha value is 0.938. The van der Waals surface area contributed by atoms with Gasteiger partial charge in [0.2, 0.25) is 0 Å². The molecule has 1 nitrogen and oxygen atoms in total. The molecule has 0 saturated heterocycles. The first-order valence-electron chi connectivity index (χ1n) is 1.14. The number of hydrogen-bond acceptors (Lipinski definition) is 1. The maximum atomic E-state index is 7.57. The van der Waals surface area contributed by atoms with Crippen LogP contribution in [-0.2, 0) is 18.8 Å². The summed E-state index contributed by atoms with van der Waals surface area (Å²) in [6.07, 6.45) is 0. The SMILES string of the molecule is CCO.[Cl][Pt]. The molecule has 1 N–H and O–H groups in total. The van der Waals surface area contributed by atoms with E-state index in [2.05, 4.69) is 9.42 Å². The Morgan fingerprint density at radius 2 is 1.80 bits per heavy atom. The molecule has 0 bridgehead atoms. The molecule has 0 radical (unpaired) electrons. The quantitative estimate of drug-likeness (QED) is 0.690. The third-order valence-electron chi connectivity index (χ3n) is 0. The van der Waals surface area contributed by atoms with E-state index in [1.54, 1.807) is 25.7 Å². The van der Waals surface area contributed by atoms with Gasteiger partial charge in [0.25, 0.3) is 0 Å². The Bertz CT molecular complexity index is 9.61. The van der Waals surface area contributed by atoms with Crippen LogP contribution in [0.15, 0.2) is 0 Å². The van der Waals surface area contributed by atoms with Crippen LogP contribution in [0, 0.1) is 0 Å². The first-order valence-corrected chi connectivity index (χ1v) is 3.96. The number of aliphatic hydroxyl groups is 1. The Morgan fingerprint density at radius 3 is 1.80 bits per heavy atom. The predicted octanol–water partition coefficient (Wildman–Crippen LogP) is 0.686. The zero-order valence-electron chi connectivity index (χ0n) is 2.85. The molecule has 0 heterocycles. The van der Waals surface area contributed by atoms with Crippen molar-refractivity contribution >= 4 is 9.42 Å². The molecular formula is C2H6ClOPt. The van der Waals surface area contributed by atoms with E-state index in [9.17, 15) is 0 Å². The van der Waals surface area contributed by atoms with Crippen LogP contribution in [-0.4, -0.2) is 11.7 Å². The fourth-order valence-corrected chi connectivity index (χ4v) is 0. The summed E-state index contributed by atoms with van der Waals surface area (Å²) in [5, 5.41) is 7.57. The second kappa shape index (κ2) is 20.4. The molecule has 0 saturated carbocycles. The average molecular weight is 277 g/mol. The molecule has 0 aliphatic rings. The van der Waals surface area contributed by atoms with E-state index in [4.69, 9.17) is 5.11 Å². The monoisotopic (exact) mass is 276 g/mol. The van der Waals surface area contributed by atoms with Crippen molar-refractivity contribution in [1.82, 2.24) is 0 Å². The van der Waals surface area contributed by atoms with Gasteiger partial charge < -0.3 is 5.11 Å². The summed E-state index contributed by atoms with van der Waals surface area (Å²) in [5.74, 6) is 0. The van der Waals surface area contributed by atoms with Crippen molar-refractivity contribution in [3.05, 3.63) is 0 Å². The standard InChI is InChI=1S/C2H6O.ClH.Pt/c1-2-3;;/h3H,2H2,1H3;1H;/q;;+1/p-1. The van der Waals surface area contributed by atoms with Crippen molar-refractivity contribution in [3.8, 4) is 0 Å². The van der Waals surface area contributed by atoms with Crippen molar-refractivity contribution in [2.24, 2.45) is 0 Å². The second-order valence-electron chi connectivity index (χ2n) is 0.316. The van der Waals surface area contributed by atoms with Gasteiger partial charge in [0.1, 0.15) is 0 Å². The van der Waals surface area contributed by atoms with Gasteiger partial charge in [-0.25, -0.2) is 0 Å². The molecule has 0 aliphatic heterocycles. The Morgan fingerprint density at radius 1 is 1.80 bits per heavy atom. The van der Waals surface area contributed by atoms with Crippen molar-refractivity contribution in [2.75, 3.05) is 6.61 Å². The molecule has 5 heavy (non-hydrogen) atoms. The van der Waals surface area contributed by atoms with Gasteiger partial charge in [-0.2, -0.15) is 0 Å². The number of aliphatic hydroxyl groups excluding tert-OH is 1. The van der Waals surface area contributed by atoms with Gasteiger partial charge in [0.15, 0.2) is 0 Å². The molecule has 0 unspecified atom stereocenters. The molecule has 0 atom stereocenters. The molecule has 0 amide bonds. The van der Waals surface area contributed by atoms with Crippen molar-refractivity contribution in [1.29, 1.82) is 0 Å². The van der Waals surface area contributed by atoms with Crippen molar-refractivity contribution < 1.29 is 23.9 Å². The fraction of sp³-hybridized carbons (Fsp3) is 1.00. The summed E-state index contributed by atoms with van der Waals surface area (Å²) in [5.41, 5.74) is 0. The van der Waals surface area contributed by atoms with E-state index < -0.39 is 0 Å². The van der Waals surface area contributed by atoms with Crippen LogP contribution >= 0.6 is 9.42 Å².